The van der Waals surface area contributed by atoms with E-state index in [1.807, 2.05) is 12.1 Å². The largest absolute Gasteiger partial charge is 0.481 e. The second-order valence-electron chi connectivity index (χ2n) is 5.62. The van der Waals surface area contributed by atoms with Gasteiger partial charge in [-0.25, -0.2) is 4.98 Å². The Balaban J connectivity index is 1.72. The van der Waals surface area contributed by atoms with Crippen LogP contribution in [-0.2, 0) is 12.0 Å². The van der Waals surface area contributed by atoms with Crippen LogP contribution >= 0.6 is 0 Å². The van der Waals surface area contributed by atoms with Crippen LogP contribution in [0, 0.1) is 0 Å². The topological polar surface area (TPSA) is 73.1 Å². The van der Waals surface area contributed by atoms with Gasteiger partial charge in [-0.3, -0.25) is 0 Å². The molecule has 1 N–H and O–H groups in total. The highest BCUT2D eigenvalue weighted by Gasteiger charge is 2.34. The van der Waals surface area contributed by atoms with Gasteiger partial charge in [0.25, 0.3) is 0 Å². The van der Waals surface area contributed by atoms with Crippen molar-refractivity contribution in [1.29, 1.82) is 0 Å². The molecule has 0 aliphatic carbocycles. The van der Waals surface area contributed by atoms with E-state index in [4.69, 9.17) is 9.26 Å². The SMILES string of the molecule is COc1ccc(Cc2noc(C3(C)CCCCN3)n2)cn1. The van der Waals surface area contributed by atoms with E-state index in [9.17, 15) is 0 Å². The van der Waals surface area contributed by atoms with Crippen LogP contribution in [0.2, 0.25) is 0 Å². The second kappa shape index (κ2) is 5.81. The number of rotatable bonds is 4. The van der Waals surface area contributed by atoms with Gasteiger partial charge in [-0.05, 0) is 38.3 Å². The number of nitrogens with one attached hydrogen (secondary N) is 1. The van der Waals surface area contributed by atoms with Crippen LogP contribution in [0.5, 0.6) is 5.88 Å². The standard InChI is InChI=1S/C15H20N4O2/c1-15(7-3-4-8-17-15)14-18-12(19-21-14)9-11-5-6-13(20-2)16-10-11/h5-6,10,17H,3-4,7-9H2,1-2H3. The highest BCUT2D eigenvalue weighted by Crippen LogP contribution is 2.28. The lowest BCUT2D eigenvalue weighted by Gasteiger charge is -2.31. The Kier molecular flexibility index (Phi) is 3.88. The van der Waals surface area contributed by atoms with E-state index in [0.29, 0.717) is 24.0 Å². The smallest absolute Gasteiger partial charge is 0.246 e. The van der Waals surface area contributed by atoms with Crippen molar-refractivity contribution in [3.63, 3.8) is 0 Å². The predicted molar refractivity (Wildman–Crippen MR) is 77.1 cm³/mol. The summed E-state index contributed by atoms with van der Waals surface area (Å²) in [4.78, 5) is 8.73. The fourth-order valence-corrected chi connectivity index (χ4v) is 2.61. The van der Waals surface area contributed by atoms with E-state index in [1.165, 1.54) is 12.8 Å². The molecule has 3 rings (SSSR count). The van der Waals surface area contributed by atoms with Crippen molar-refractivity contribution in [3.8, 4) is 5.88 Å². The number of ether oxygens (including phenoxy) is 1. The van der Waals surface area contributed by atoms with Crippen LogP contribution in [0.3, 0.4) is 0 Å². The molecule has 6 heteroatoms. The average molecular weight is 288 g/mol. The highest BCUT2D eigenvalue weighted by atomic mass is 16.5. The fraction of sp³-hybridized carbons (Fsp3) is 0.533. The lowest BCUT2D eigenvalue weighted by Crippen LogP contribution is -2.43. The van der Waals surface area contributed by atoms with Crippen molar-refractivity contribution in [3.05, 3.63) is 35.6 Å². The molecule has 0 aromatic carbocycles. The van der Waals surface area contributed by atoms with Crippen molar-refractivity contribution >= 4 is 0 Å². The second-order valence-corrected chi connectivity index (χ2v) is 5.62. The van der Waals surface area contributed by atoms with E-state index in [1.54, 1.807) is 13.3 Å². The van der Waals surface area contributed by atoms with Crippen molar-refractivity contribution < 1.29 is 9.26 Å². The molecule has 0 bridgehead atoms. The molecule has 1 aliphatic heterocycles. The Hall–Kier alpha value is -1.95. The zero-order valence-corrected chi connectivity index (χ0v) is 12.4. The summed E-state index contributed by atoms with van der Waals surface area (Å²) in [5.41, 5.74) is 0.840. The van der Waals surface area contributed by atoms with Crippen LogP contribution < -0.4 is 10.1 Å². The molecule has 1 aliphatic rings. The maximum Gasteiger partial charge on any atom is 0.246 e. The van der Waals surface area contributed by atoms with Gasteiger partial charge in [-0.1, -0.05) is 11.2 Å². The third-order valence-corrected chi connectivity index (χ3v) is 3.93. The van der Waals surface area contributed by atoms with Gasteiger partial charge in [0.2, 0.25) is 11.8 Å². The molecule has 1 fully saturated rings. The van der Waals surface area contributed by atoms with Crippen LogP contribution in [0.1, 0.15) is 43.5 Å². The maximum atomic E-state index is 5.46. The molecule has 0 spiro atoms. The molecule has 0 radical (unpaired) electrons. The van der Waals surface area contributed by atoms with Gasteiger partial charge < -0.3 is 14.6 Å². The molecule has 3 heterocycles. The summed E-state index contributed by atoms with van der Waals surface area (Å²) >= 11 is 0. The minimum absolute atomic E-state index is 0.193. The number of hydrogen-bond acceptors (Lipinski definition) is 6. The number of aromatic nitrogens is 3. The normalized spacial score (nSPS) is 22.2. The quantitative estimate of drug-likeness (QED) is 0.928. The Labute approximate surface area is 123 Å². The first-order valence-corrected chi connectivity index (χ1v) is 7.27. The van der Waals surface area contributed by atoms with Crippen molar-refractivity contribution in [2.75, 3.05) is 13.7 Å². The monoisotopic (exact) mass is 288 g/mol. The number of piperidine rings is 1. The van der Waals surface area contributed by atoms with Crippen LogP contribution in [0.15, 0.2) is 22.9 Å². The van der Waals surface area contributed by atoms with Gasteiger partial charge in [-0.15, -0.1) is 0 Å². The molecule has 112 valence electrons. The van der Waals surface area contributed by atoms with E-state index in [0.717, 1.165) is 18.5 Å². The van der Waals surface area contributed by atoms with E-state index < -0.39 is 0 Å². The van der Waals surface area contributed by atoms with Gasteiger partial charge in [0.05, 0.1) is 12.6 Å². The Morgan fingerprint density at radius 1 is 1.38 bits per heavy atom. The molecule has 2 aromatic rings. The number of methoxy groups -OCH3 is 1. The number of pyridine rings is 1. The molecule has 6 nitrogen and oxygen atoms in total. The summed E-state index contributed by atoms with van der Waals surface area (Å²) in [7, 11) is 1.60. The summed E-state index contributed by atoms with van der Waals surface area (Å²) in [5, 5.41) is 7.57. The Bertz CT molecular complexity index is 588. The molecule has 1 atom stereocenters. The highest BCUT2D eigenvalue weighted by molar-refractivity contribution is 5.20. The number of nitrogens with zero attached hydrogens (tertiary/aromatic N) is 3. The third kappa shape index (κ3) is 3.05. The average Bonchev–Trinajstić information content (AvgIpc) is 2.98. The zero-order chi connectivity index (χ0) is 14.7. The van der Waals surface area contributed by atoms with Crippen molar-refractivity contribution in [2.45, 2.75) is 38.1 Å². The lowest BCUT2D eigenvalue weighted by atomic mass is 9.91. The predicted octanol–water partition coefficient (Wildman–Crippen LogP) is 2.05. The first-order valence-electron chi connectivity index (χ1n) is 7.27. The minimum atomic E-state index is -0.193. The summed E-state index contributed by atoms with van der Waals surface area (Å²) in [6.07, 6.45) is 5.79. The van der Waals surface area contributed by atoms with Crippen molar-refractivity contribution in [2.24, 2.45) is 0 Å². The van der Waals surface area contributed by atoms with E-state index in [-0.39, 0.29) is 5.54 Å². The van der Waals surface area contributed by atoms with Crippen molar-refractivity contribution in [1.82, 2.24) is 20.4 Å². The van der Waals surface area contributed by atoms with Gasteiger partial charge in [0.1, 0.15) is 0 Å². The molecule has 2 aromatic heterocycles. The molecule has 1 unspecified atom stereocenters. The van der Waals surface area contributed by atoms with Crippen LogP contribution in [0.25, 0.3) is 0 Å². The molecule has 21 heavy (non-hydrogen) atoms. The Morgan fingerprint density at radius 2 is 2.29 bits per heavy atom. The molecular weight excluding hydrogens is 268 g/mol. The summed E-state index contributed by atoms with van der Waals surface area (Å²) in [5.74, 6) is 1.97. The fourth-order valence-electron chi connectivity index (χ4n) is 2.61. The zero-order valence-electron chi connectivity index (χ0n) is 12.4. The van der Waals surface area contributed by atoms with Crippen LogP contribution in [0.4, 0.5) is 0 Å². The van der Waals surface area contributed by atoms with E-state index in [2.05, 4.69) is 27.4 Å². The summed E-state index contributed by atoms with van der Waals surface area (Å²) < 4.78 is 10.5. The number of hydrogen-bond donors (Lipinski definition) is 1. The molecule has 0 amide bonds. The summed E-state index contributed by atoms with van der Waals surface area (Å²) in [6, 6.07) is 3.79. The van der Waals surface area contributed by atoms with Gasteiger partial charge in [0, 0.05) is 18.7 Å². The van der Waals surface area contributed by atoms with Gasteiger partial charge >= 0.3 is 0 Å². The lowest BCUT2D eigenvalue weighted by molar-refractivity contribution is 0.206. The minimum Gasteiger partial charge on any atom is -0.481 e. The molecule has 0 saturated carbocycles. The molecular formula is C15H20N4O2. The molecule has 1 saturated heterocycles. The summed E-state index contributed by atoms with van der Waals surface area (Å²) in [6.45, 7) is 3.12. The Morgan fingerprint density at radius 3 is 2.95 bits per heavy atom. The third-order valence-electron chi connectivity index (χ3n) is 3.93. The first-order chi connectivity index (χ1) is 10.2. The maximum absolute atomic E-state index is 5.46. The van der Waals surface area contributed by atoms with Gasteiger partial charge in [-0.2, -0.15) is 4.98 Å². The first kappa shape index (κ1) is 14.0. The van der Waals surface area contributed by atoms with E-state index >= 15 is 0 Å². The van der Waals surface area contributed by atoms with Crippen LogP contribution in [-0.4, -0.2) is 28.8 Å². The van der Waals surface area contributed by atoms with Gasteiger partial charge in [0.15, 0.2) is 5.82 Å².